The van der Waals surface area contributed by atoms with Gasteiger partial charge in [-0.2, -0.15) is 4.72 Å². The first-order chi connectivity index (χ1) is 9.81. The molecule has 0 bridgehead atoms. The Morgan fingerprint density at radius 3 is 2.43 bits per heavy atom. The van der Waals surface area contributed by atoms with Crippen molar-refractivity contribution in [2.45, 2.75) is 18.0 Å². The number of imidazole rings is 1. The Morgan fingerprint density at radius 1 is 1.33 bits per heavy atom. The quantitative estimate of drug-likeness (QED) is 0.852. The number of aromatic nitrogens is 2. The third-order valence-corrected chi connectivity index (χ3v) is 4.31. The topological polar surface area (TPSA) is 101 Å². The summed E-state index contributed by atoms with van der Waals surface area (Å²) in [5, 5.41) is 9.04. The molecule has 7 nitrogen and oxygen atoms in total. The highest BCUT2D eigenvalue weighted by molar-refractivity contribution is 7.89. The Labute approximate surface area is 122 Å². The minimum absolute atomic E-state index is 0.204. The lowest BCUT2D eigenvalue weighted by atomic mass is 10.1. The summed E-state index contributed by atoms with van der Waals surface area (Å²) in [4.78, 5) is 15.2. The first-order valence-electron chi connectivity index (χ1n) is 6.11. The van der Waals surface area contributed by atoms with Crippen LogP contribution in [0.5, 0.6) is 0 Å². The van der Waals surface area contributed by atoms with Crippen LogP contribution in [-0.2, 0) is 21.9 Å². The van der Waals surface area contributed by atoms with Crippen LogP contribution in [0.15, 0.2) is 41.6 Å². The summed E-state index contributed by atoms with van der Waals surface area (Å²) in [5.41, 5.74) is 0.348. The van der Waals surface area contributed by atoms with E-state index >= 15 is 0 Å². The van der Waals surface area contributed by atoms with Gasteiger partial charge < -0.3 is 9.67 Å². The van der Waals surface area contributed by atoms with Gasteiger partial charge in [0.05, 0.1) is 0 Å². The number of hydrogen-bond donors (Lipinski definition) is 2. The molecule has 2 N–H and O–H groups in total. The van der Waals surface area contributed by atoms with Gasteiger partial charge in [-0.05, 0) is 12.5 Å². The maximum atomic E-state index is 12.2. The van der Waals surface area contributed by atoms with Gasteiger partial charge in [-0.25, -0.2) is 13.4 Å². The van der Waals surface area contributed by atoms with Gasteiger partial charge in [-0.3, -0.25) is 4.79 Å². The van der Waals surface area contributed by atoms with Crippen molar-refractivity contribution in [3.8, 4) is 0 Å². The number of carboxylic acids is 1. The van der Waals surface area contributed by atoms with Crippen LogP contribution in [0.2, 0.25) is 0 Å². The largest absolute Gasteiger partial charge is 0.480 e. The number of nitrogens with zero attached hydrogens (tertiary/aromatic N) is 2. The van der Waals surface area contributed by atoms with E-state index in [0.717, 1.165) is 0 Å². The Hall–Kier alpha value is -2.19. The maximum Gasteiger partial charge on any atom is 0.326 e. The molecule has 112 valence electrons. The summed E-state index contributed by atoms with van der Waals surface area (Å²) < 4.78 is 28.2. The molecule has 0 amide bonds. The van der Waals surface area contributed by atoms with E-state index in [1.54, 1.807) is 48.9 Å². The van der Waals surface area contributed by atoms with Crippen LogP contribution >= 0.6 is 0 Å². The van der Waals surface area contributed by atoms with E-state index in [2.05, 4.69) is 9.71 Å². The lowest BCUT2D eigenvalue weighted by Crippen LogP contribution is -2.34. The standard InChI is InChI=1S/C13H15N3O4S/c1-9-14-11(8-16(9)2)21(19,20)15-12(13(17)18)10-6-4-3-5-7-10/h3-8,12,15H,1-2H3,(H,17,18). The molecule has 2 rings (SSSR count). The fourth-order valence-electron chi connectivity index (χ4n) is 1.78. The normalized spacial score (nSPS) is 13.0. The number of hydrogen-bond acceptors (Lipinski definition) is 4. The van der Waals surface area contributed by atoms with Crippen molar-refractivity contribution >= 4 is 16.0 Å². The van der Waals surface area contributed by atoms with Crippen LogP contribution in [0, 0.1) is 6.92 Å². The summed E-state index contributed by atoms with van der Waals surface area (Å²) >= 11 is 0. The molecule has 21 heavy (non-hydrogen) atoms. The van der Waals surface area contributed by atoms with Gasteiger partial charge in [-0.1, -0.05) is 30.3 Å². The first-order valence-corrected chi connectivity index (χ1v) is 7.59. The highest BCUT2D eigenvalue weighted by atomic mass is 32.2. The number of carbonyl (C=O) groups is 1. The molecule has 0 aliphatic rings. The van der Waals surface area contributed by atoms with Gasteiger partial charge in [0.1, 0.15) is 11.9 Å². The zero-order valence-electron chi connectivity index (χ0n) is 11.5. The maximum absolute atomic E-state index is 12.2. The second-order valence-corrected chi connectivity index (χ2v) is 6.20. The fraction of sp³-hybridized carbons (Fsp3) is 0.231. The Kier molecular flexibility index (Phi) is 4.10. The van der Waals surface area contributed by atoms with Crippen LogP contribution in [0.4, 0.5) is 0 Å². The van der Waals surface area contributed by atoms with Crippen molar-refractivity contribution in [2.24, 2.45) is 7.05 Å². The van der Waals surface area contributed by atoms with Crippen LogP contribution in [0.3, 0.4) is 0 Å². The van der Waals surface area contributed by atoms with Crippen molar-refractivity contribution in [1.82, 2.24) is 14.3 Å². The van der Waals surface area contributed by atoms with E-state index in [4.69, 9.17) is 0 Å². The molecule has 0 radical (unpaired) electrons. The summed E-state index contributed by atoms with van der Waals surface area (Å²) in [6.07, 6.45) is 1.33. The number of sulfonamides is 1. The number of nitrogens with one attached hydrogen (secondary N) is 1. The minimum Gasteiger partial charge on any atom is -0.480 e. The molecular weight excluding hydrogens is 294 g/mol. The molecule has 0 spiro atoms. The Morgan fingerprint density at radius 2 is 1.95 bits per heavy atom. The molecule has 0 aliphatic carbocycles. The lowest BCUT2D eigenvalue weighted by molar-refractivity contribution is -0.139. The number of carboxylic acid groups (broad SMARTS) is 1. The Bertz CT molecular complexity index is 733. The van der Waals surface area contributed by atoms with E-state index in [-0.39, 0.29) is 5.03 Å². The smallest absolute Gasteiger partial charge is 0.326 e. The van der Waals surface area contributed by atoms with Crippen molar-refractivity contribution in [2.75, 3.05) is 0 Å². The van der Waals surface area contributed by atoms with E-state index in [0.29, 0.717) is 11.4 Å². The molecule has 1 unspecified atom stereocenters. The van der Waals surface area contributed by atoms with Crippen molar-refractivity contribution in [3.63, 3.8) is 0 Å². The van der Waals surface area contributed by atoms with Gasteiger partial charge in [0.15, 0.2) is 5.03 Å². The van der Waals surface area contributed by atoms with Crippen molar-refractivity contribution < 1.29 is 18.3 Å². The molecule has 1 atom stereocenters. The van der Waals surface area contributed by atoms with Gasteiger partial charge >= 0.3 is 5.97 Å². The second kappa shape index (κ2) is 5.66. The van der Waals surface area contributed by atoms with Crippen LogP contribution in [-0.4, -0.2) is 29.0 Å². The molecule has 1 aromatic carbocycles. The number of benzene rings is 1. The third kappa shape index (κ3) is 3.29. The average Bonchev–Trinajstić information content (AvgIpc) is 2.78. The van der Waals surface area contributed by atoms with Gasteiger partial charge in [-0.15, -0.1) is 0 Å². The number of aryl methyl sites for hydroxylation is 2. The van der Waals surface area contributed by atoms with E-state index < -0.39 is 22.0 Å². The molecule has 0 aliphatic heterocycles. The molecule has 0 fully saturated rings. The number of aliphatic carboxylic acids is 1. The van der Waals surface area contributed by atoms with Crippen LogP contribution in [0.25, 0.3) is 0 Å². The molecule has 1 heterocycles. The van der Waals surface area contributed by atoms with Gasteiger partial charge in [0.25, 0.3) is 10.0 Å². The highest BCUT2D eigenvalue weighted by Crippen LogP contribution is 2.17. The minimum atomic E-state index is -4.02. The van der Waals surface area contributed by atoms with E-state index in [1.165, 1.54) is 6.20 Å². The fourth-order valence-corrected chi connectivity index (χ4v) is 2.99. The zero-order valence-corrected chi connectivity index (χ0v) is 12.3. The SMILES string of the molecule is Cc1nc(S(=O)(=O)NC(C(=O)O)c2ccccc2)cn1C. The lowest BCUT2D eigenvalue weighted by Gasteiger charge is -2.13. The molecule has 2 aromatic rings. The molecular formula is C13H15N3O4S. The van der Waals surface area contributed by atoms with E-state index in [1.807, 2.05) is 0 Å². The predicted molar refractivity (Wildman–Crippen MR) is 75.1 cm³/mol. The molecule has 0 saturated carbocycles. The van der Waals surface area contributed by atoms with Crippen molar-refractivity contribution in [1.29, 1.82) is 0 Å². The summed E-state index contributed by atoms with van der Waals surface area (Å²) in [7, 11) is -2.36. The van der Waals surface area contributed by atoms with Gasteiger partial charge in [0, 0.05) is 13.2 Å². The second-order valence-electron chi connectivity index (χ2n) is 4.54. The van der Waals surface area contributed by atoms with Crippen LogP contribution < -0.4 is 4.72 Å². The first kappa shape index (κ1) is 15.2. The molecule has 1 aromatic heterocycles. The van der Waals surface area contributed by atoms with Crippen molar-refractivity contribution in [3.05, 3.63) is 47.9 Å². The molecule has 0 saturated heterocycles. The summed E-state index contributed by atoms with van der Waals surface area (Å²) in [6.45, 7) is 1.66. The Balaban J connectivity index is 2.35. The molecule has 8 heteroatoms. The van der Waals surface area contributed by atoms with E-state index in [9.17, 15) is 18.3 Å². The zero-order chi connectivity index (χ0) is 15.6. The van der Waals surface area contributed by atoms with Crippen LogP contribution in [0.1, 0.15) is 17.4 Å². The highest BCUT2D eigenvalue weighted by Gasteiger charge is 2.28. The van der Waals surface area contributed by atoms with Gasteiger partial charge in [0.2, 0.25) is 0 Å². The third-order valence-electron chi connectivity index (χ3n) is 3.01. The average molecular weight is 309 g/mol. The monoisotopic (exact) mass is 309 g/mol. The summed E-state index contributed by atoms with van der Waals surface area (Å²) in [5.74, 6) is -0.764. The summed E-state index contributed by atoms with van der Waals surface area (Å²) in [6, 6.07) is 6.74. The predicted octanol–water partition coefficient (Wildman–Crippen LogP) is 0.833. The number of rotatable bonds is 5.